The molecule has 0 aliphatic carbocycles. The maximum atomic E-state index is 12.6. The van der Waals surface area contributed by atoms with E-state index in [4.69, 9.17) is 9.47 Å². The monoisotopic (exact) mass is 497 g/mol. The molecular weight excluding hydrogens is 458 g/mol. The maximum Gasteiger partial charge on any atom is 0.410 e. The van der Waals surface area contributed by atoms with Gasteiger partial charge in [0.15, 0.2) is 0 Å². The molecule has 8 nitrogen and oxygen atoms in total. The summed E-state index contributed by atoms with van der Waals surface area (Å²) in [5, 5.41) is 2.49. The number of hydrogen-bond acceptors (Lipinski definition) is 6. The Bertz CT molecular complexity index is 1020. The highest BCUT2D eigenvalue weighted by molar-refractivity contribution is 6.04. The van der Waals surface area contributed by atoms with Crippen LogP contribution in [0.15, 0.2) is 18.2 Å². The molecule has 1 aromatic carbocycles. The lowest BCUT2D eigenvalue weighted by atomic mass is 9.75. The molecule has 4 aliphatic heterocycles. The summed E-state index contributed by atoms with van der Waals surface area (Å²) in [7, 11) is 0. The van der Waals surface area contributed by atoms with Gasteiger partial charge in [-0.1, -0.05) is 12.1 Å². The molecule has 3 fully saturated rings. The van der Waals surface area contributed by atoms with Crippen molar-refractivity contribution < 1.29 is 23.9 Å². The number of rotatable bonds is 3. The Kier molecular flexibility index (Phi) is 6.74. The lowest BCUT2D eigenvalue weighted by Crippen LogP contribution is -2.52. The molecule has 1 atom stereocenters. The van der Waals surface area contributed by atoms with Crippen molar-refractivity contribution in [3.05, 3.63) is 29.3 Å². The molecule has 4 aliphatic rings. The molecule has 0 bridgehead atoms. The largest absolute Gasteiger partial charge is 0.492 e. The molecule has 0 radical (unpaired) electrons. The fraction of sp³-hybridized carbons (Fsp3) is 0.679. The van der Waals surface area contributed by atoms with Crippen LogP contribution in [0, 0.1) is 5.92 Å². The third kappa shape index (κ3) is 5.10. The highest BCUT2D eigenvalue weighted by Gasteiger charge is 2.50. The molecular formula is C28H39N3O5. The number of nitrogens with zero attached hydrogens (tertiary/aromatic N) is 2. The second kappa shape index (κ2) is 9.69. The van der Waals surface area contributed by atoms with E-state index in [1.807, 2.05) is 31.7 Å². The van der Waals surface area contributed by atoms with Gasteiger partial charge in [-0.3, -0.25) is 14.9 Å². The smallest absolute Gasteiger partial charge is 0.410 e. The number of imide groups is 1. The van der Waals surface area contributed by atoms with Crippen molar-refractivity contribution in [3.8, 4) is 5.75 Å². The van der Waals surface area contributed by atoms with Gasteiger partial charge in [0.25, 0.3) is 0 Å². The number of carbonyl (C=O) groups is 3. The van der Waals surface area contributed by atoms with Gasteiger partial charge in [-0.05, 0) is 89.9 Å². The van der Waals surface area contributed by atoms with E-state index in [1.54, 1.807) is 0 Å². The molecule has 1 aromatic rings. The molecule has 196 valence electrons. The third-order valence-electron chi connectivity index (χ3n) is 8.31. The first-order chi connectivity index (χ1) is 17.1. The lowest BCUT2D eigenvalue weighted by molar-refractivity contribution is -0.138. The first-order valence-electron chi connectivity index (χ1n) is 13.5. The van der Waals surface area contributed by atoms with Crippen LogP contribution in [0.3, 0.4) is 0 Å². The molecule has 5 rings (SSSR count). The van der Waals surface area contributed by atoms with E-state index in [0.717, 1.165) is 56.8 Å². The first-order valence-corrected chi connectivity index (χ1v) is 13.5. The van der Waals surface area contributed by atoms with Gasteiger partial charge < -0.3 is 19.3 Å². The van der Waals surface area contributed by atoms with Gasteiger partial charge in [-0.15, -0.1) is 0 Å². The minimum absolute atomic E-state index is 0.193. The summed E-state index contributed by atoms with van der Waals surface area (Å²) in [6, 6.07) is 6.83. The second-order valence-electron chi connectivity index (χ2n) is 12.0. The summed E-state index contributed by atoms with van der Waals surface area (Å²) in [6.07, 6.45) is 6.03. The van der Waals surface area contributed by atoms with E-state index in [2.05, 4.69) is 22.3 Å². The van der Waals surface area contributed by atoms with Crippen molar-refractivity contribution in [2.75, 3.05) is 32.8 Å². The molecule has 1 unspecified atom stereocenters. The van der Waals surface area contributed by atoms with E-state index in [0.29, 0.717) is 31.4 Å². The van der Waals surface area contributed by atoms with Crippen molar-refractivity contribution in [1.82, 2.24) is 15.1 Å². The van der Waals surface area contributed by atoms with Crippen molar-refractivity contribution in [1.29, 1.82) is 0 Å². The summed E-state index contributed by atoms with van der Waals surface area (Å²) in [6.45, 7) is 9.77. The Morgan fingerprint density at radius 1 is 1.11 bits per heavy atom. The zero-order valence-electron chi connectivity index (χ0n) is 21.8. The van der Waals surface area contributed by atoms with Crippen LogP contribution in [0.5, 0.6) is 5.75 Å². The number of fused-ring (bicyclic) bond motifs is 2. The molecule has 1 spiro atoms. The lowest BCUT2D eigenvalue weighted by Gasteiger charge is -2.42. The van der Waals surface area contributed by atoms with Gasteiger partial charge in [0.2, 0.25) is 11.8 Å². The summed E-state index contributed by atoms with van der Waals surface area (Å²) < 4.78 is 11.5. The number of ether oxygens (including phenoxy) is 2. The fourth-order valence-corrected chi connectivity index (χ4v) is 6.23. The van der Waals surface area contributed by atoms with Crippen molar-refractivity contribution >= 4 is 17.9 Å². The summed E-state index contributed by atoms with van der Waals surface area (Å²) in [5.74, 6) is 1.00. The highest BCUT2D eigenvalue weighted by atomic mass is 16.6. The van der Waals surface area contributed by atoms with E-state index in [-0.39, 0.29) is 17.9 Å². The van der Waals surface area contributed by atoms with Crippen LogP contribution in [0.25, 0.3) is 0 Å². The number of likely N-dealkylation sites (tertiary alicyclic amines) is 2. The van der Waals surface area contributed by atoms with Crippen LogP contribution in [-0.2, 0) is 26.2 Å². The molecule has 3 amide bonds. The van der Waals surface area contributed by atoms with Crippen LogP contribution < -0.4 is 10.1 Å². The van der Waals surface area contributed by atoms with E-state index in [1.165, 1.54) is 18.4 Å². The van der Waals surface area contributed by atoms with Crippen LogP contribution >= 0.6 is 0 Å². The Morgan fingerprint density at radius 2 is 1.83 bits per heavy atom. The third-order valence-corrected chi connectivity index (χ3v) is 8.31. The molecule has 8 heteroatoms. The van der Waals surface area contributed by atoms with Crippen molar-refractivity contribution in [3.63, 3.8) is 0 Å². The van der Waals surface area contributed by atoms with Gasteiger partial charge >= 0.3 is 6.09 Å². The average Bonchev–Trinajstić information content (AvgIpc) is 3.20. The Morgan fingerprint density at radius 3 is 2.50 bits per heavy atom. The van der Waals surface area contributed by atoms with Crippen LogP contribution in [-0.4, -0.2) is 72.1 Å². The second-order valence-corrected chi connectivity index (χ2v) is 12.0. The Hall–Kier alpha value is -2.61. The maximum absolute atomic E-state index is 12.6. The van der Waals surface area contributed by atoms with Crippen LogP contribution in [0.1, 0.15) is 70.4 Å². The average molecular weight is 498 g/mol. The summed E-state index contributed by atoms with van der Waals surface area (Å²) in [5.41, 5.74) is 1.00. The van der Waals surface area contributed by atoms with Gasteiger partial charge in [0.05, 0.1) is 0 Å². The van der Waals surface area contributed by atoms with Gasteiger partial charge in [-0.2, -0.15) is 0 Å². The predicted molar refractivity (Wildman–Crippen MR) is 135 cm³/mol. The van der Waals surface area contributed by atoms with Crippen molar-refractivity contribution in [2.24, 2.45) is 5.92 Å². The zero-order chi connectivity index (χ0) is 25.5. The van der Waals surface area contributed by atoms with Gasteiger partial charge in [0.1, 0.15) is 23.4 Å². The molecule has 0 aromatic heterocycles. The number of amides is 3. The Labute approximate surface area is 213 Å². The van der Waals surface area contributed by atoms with E-state index < -0.39 is 11.0 Å². The quantitative estimate of drug-likeness (QED) is 0.644. The number of piperidine rings is 3. The molecule has 4 heterocycles. The number of carbonyl (C=O) groups excluding carboxylic acids is 3. The minimum Gasteiger partial charge on any atom is -0.492 e. The molecule has 0 saturated carbocycles. The molecule has 1 N–H and O–H groups in total. The number of hydrogen-bond donors (Lipinski definition) is 1. The van der Waals surface area contributed by atoms with E-state index in [9.17, 15) is 14.4 Å². The fourth-order valence-electron chi connectivity index (χ4n) is 6.23. The van der Waals surface area contributed by atoms with Gasteiger partial charge in [0, 0.05) is 31.1 Å². The SMILES string of the molecule is CC(C)(C)OC(=O)N1CCC(N2CCC(Cc3ccc4c(c3)OCC43CCC(=O)NC3=O)CC2)CC1. The minimum atomic E-state index is -0.716. The number of nitrogens with one attached hydrogen (secondary N) is 1. The normalized spacial score (nSPS) is 26.0. The summed E-state index contributed by atoms with van der Waals surface area (Å²) >= 11 is 0. The predicted octanol–water partition coefficient (Wildman–Crippen LogP) is 3.41. The van der Waals surface area contributed by atoms with Crippen LogP contribution in [0.2, 0.25) is 0 Å². The Balaban J connectivity index is 1.11. The summed E-state index contributed by atoms with van der Waals surface area (Å²) in [4.78, 5) is 41.0. The van der Waals surface area contributed by atoms with Crippen LogP contribution in [0.4, 0.5) is 4.79 Å². The topological polar surface area (TPSA) is 88.2 Å². The first kappa shape index (κ1) is 25.1. The standard InChI is InChI=1S/C28H39N3O5/c1-27(2,3)36-26(34)31-14-9-21(10-15-31)30-12-7-19(8-13-30)16-20-4-5-22-23(17-20)35-18-28(22)11-6-24(32)29-25(28)33/h4-5,17,19,21H,6-16,18H2,1-3H3,(H,29,32,33). The molecule has 36 heavy (non-hydrogen) atoms. The van der Waals surface area contributed by atoms with E-state index >= 15 is 0 Å². The highest BCUT2D eigenvalue weighted by Crippen LogP contribution is 2.44. The van der Waals surface area contributed by atoms with Gasteiger partial charge in [-0.25, -0.2) is 4.79 Å². The van der Waals surface area contributed by atoms with Crippen molar-refractivity contribution in [2.45, 2.75) is 82.8 Å². The number of benzene rings is 1. The molecule has 3 saturated heterocycles. The zero-order valence-corrected chi connectivity index (χ0v) is 21.8.